The average Bonchev–Trinajstić information content (AvgIpc) is 3.22. The third-order valence-corrected chi connectivity index (χ3v) is 12.6. The normalized spacial score (nSPS) is 19.1. The van der Waals surface area contributed by atoms with Crippen LogP contribution >= 0.6 is 0 Å². The lowest BCUT2D eigenvalue weighted by atomic mass is 9.64. The number of nitriles is 1. The van der Waals surface area contributed by atoms with Crippen LogP contribution in [0.1, 0.15) is 96.5 Å². The van der Waals surface area contributed by atoms with Gasteiger partial charge in [-0.05, 0) is 90.3 Å². The van der Waals surface area contributed by atoms with Gasteiger partial charge in [-0.3, -0.25) is 0 Å². The lowest BCUT2D eigenvalue weighted by molar-refractivity contribution is 0.709. The highest BCUT2D eigenvalue weighted by atomic mass is 14.9. The summed E-state index contributed by atoms with van der Waals surface area (Å²) in [5, 5.41) is 13.6. The molecule has 0 aliphatic heterocycles. The summed E-state index contributed by atoms with van der Waals surface area (Å²) < 4.78 is 0. The minimum atomic E-state index is -0.0131. The maximum Gasteiger partial charge on any atom is 0.202 e. The van der Waals surface area contributed by atoms with Crippen molar-refractivity contribution in [3.63, 3.8) is 0 Å². The summed E-state index contributed by atoms with van der Waals surface area (Å²) in [5.41, 5.74) is 18.0. The monoisotopic (exact) mass is 684 g/mol. The van der Waals surface area contributed by atoms with Crippen LogP contribution < -0.4 is 0 Å². The second-order valence-electron chi connectivity index (χ2n) is 15.0. The molecule has 54 heavy (non-hydrogen) atoms. The first-order chi connectivity index (χ1) is 26.7. The van der Waals surface area contributed by atoms with Crippen molar-refractivity contribution in [2.75, 3.05) is 0 Å². The Balaban J connectivity index is 1.07. The molecule has 7 aromatic carbocycles. The lowest BCUT2D eigenvalue weighted by Crippen LogP contribution is -2.29. The van der Waals surface area contributed by atoms with E-state index in [0.29, 0.717) is 32.8 Å². The van der Waals surface area contributed by atoms with Gasteiger partial charge in [0.1, 0.15) is 6.07 Å². The van der Waals surface area contributed by atoms with Crippen molar-refractivity contribution in [3.05, 3.63) is 206 Å². The summed E-state index contributed by atoms with van der Waals surface area (Å²) in [6.45, 7) is 8.48. The molecule has 0 unspecified atom stereocenters. The van der Waals surface area contributed by atoms with Crippen molar-refractivity contribution in [2.45, 2.75) is 23.7 Å². The fraction of sp³-hybridized carbons (Fsp3) is 0.0833. The van der Waals surface area contributed by atoms with Gasteiger partial charge in [-0.2, -0.15) is 5.26 Å². The predicted molar refractivity (Wildman–Crippen MR) is 208 cm³/mol. The molecule has 0 atom stereocenters. The van der Waals surface area contributed by atoms with E-state index in [1.807, 2.05) is 24.3 Å². The maximum absolute atomic E-state index is 10.8. The molecule has 6 aliphatic carbocycles. The molecule has 0 saturated heterocycles. The van der Waals surface area contributed by atoms with Gasteiger partial charge < -0.3 is 0 Å². The van der Waals surface area contributed by atoms with Gasteiger partial charge >= 0.3 is 0 Å². The van der Waals surface area contributed by atoms with Crippen molar-refractivity contribution in [2.24, 2.45) is 0 Å². The number of fused-ring (bicyclic) bond motifs is 4. The van der Waals surface area contributed by atoms with E-state index in [1.165, 1.54) is 44.5 Å². The molecule has 0 saturated carbocycles. The molecule has 6 nitrogen and oxygen atoms in total. The SMILES string of the molecule is [C-]#[N+]c1c2cc3nc4c(nc3cc2c(C#N)c2cc3nc5c(nc3cc12)C1c2ccccc2C5c2ccccc21)C1c2ccccc2C4c2ccccc21. The highest BCUT2D eigenvalue weighted by molar-refractivity contribution is 6.19. The Morgan fingerprint density at radius 2 is 0.685 bits per heavy atom. The summed E-state index contributed by atoms with van der Waals surface area (Å²) in [5.74, 6) is -0.0508. The highest BCUT2D eigenvalue weighted by Gasteiger charge is 2.45. The molecule has 15 rings (SSSR count). The van der Waals surface area contributed by atoms with E-state index in [0.717, 1.165) is 44.8 Å². The van der Waals surface area contributed by atoms with Crippen molar-refractivity contribution in [1.82, 2.24) is 19.9 Å². The van der Waals surface area contributed by atoms with E-state index in [4.69, 9.17) is 26.5 Å². The molecule has 246 valence electrons. The minimum Gasteiger partial charge on any atom is -0.248 e. The Hall–Kier alpha value is -7.28. The third kappa shape index (κ3) is 3.31. The molecule has 6 heteroatoms. The second-order valence-corrected chi connectivity index (χ2v) is 15.0. The van der Waals surface area contributed by atoms with Crippen molar-refractivity contribution >= 4 is 49.3 Å². The molecule has 4 bridgehead atoms. The first-order valence-electron chi connectivity index (χ1n) is 18.3. The zero-order valence-corrected chi connectivity index (χ0v) is 28.5. The van der Waals surface area contributed by atoms with Crippen LogP contribution in [-0.2, 0) is 0 Å². The van der Waals surface area contributed by atoms with E-state index < -0.39 is 0 Å². The minimum absolute atomic E-state index is 0.0123. The molecule has 0 N–H and O–H groups in total. The second kappa shape index (κ2) is 9.77. The zero-order chi connectivity index (χ0) is 35.4. The van der Waals surface area contributed by atoms with Crippen LogP contribution in [0.5, 0.6) is 0 Å². The molecule has 2 heterocycles. The molecular formula is C48H24N6. The van der Waals surface area contributed by atoms with Gasteiger partial charge in [-0.25, -0.2) is 24.8 Å². The van der Waals surface area contributed by atoms with Gasteiger partial charge in [0.2, 0.25) is 5.69 Å². The fourth-order valence-corrected chi connectivity index (χ4v) is 10.4. The van der Waals surface area contributed by atoms with Gasteiger partial charge in [0, 0.05) is 0 Å². The summed E-state index contributed by atoms with van der Waals surface area (Å²) in [4.78, 5) is 25.5. The number of aromatic nitrogens is 4. The zero-order valence-electron chi connectivity index (χ0n) is 28.5. The van der Waals surface area contributed by atoms with Gasteiger partial charge in [-0.15, -0.1) is 0 Å². The van der Waals surface area contributed by atoms with Gasteiger partial charge in [0.25, 0.3) is 0 Å². The summed E-state index contributed by atoms with van der Waals surface area (Å²) in [7, 11) is 0. The molecule has 9 aromatic rings. The highest BCUT2D eigenvalue weighted by Crippen LogP contribution is 2.56. The molecule has 6 aliphatic rings. The number of rotatable bonds is 0. The summed E-state index contributed by atoms with van der Waals surface area (Å²) in [6, 6.07) is 45.0. The Morgan fingerprint density at radius 1 is 0.426 bits per heavy atom. The Bertz CT molecular complexity index is 2830. The Kier molecular flexibility index (Phi) is 5.13. The van der Waals surface area contributed by atoms with E-state index in [9.17, 15) is 5.26 Å². The largest absolute Gasteiger partial charge is 0.248 e. The number of hydrogen-bond donors (Lipinski definition) is 0. The van der Waals surface area contributed by atoms with Crippen molar-refractivity contribution < 1.29 is 0 Å². The van der Waals surface area contributed by atoms with Gasteiger partial charge in [0.05, 0.1) is 80.6 Å². The first kappa shape index (κ1) is 28.3. The Labute approximate surface area is 308 Å². The van der Waals surface area contributed by atoms with E-state index in [1.54, 1.807) is 0 Å². The molecule has 2 aromatic heterocycles. The fourth-order valence-electron chi connectivity index (χ4n) is 10.4. The van der Waals surface area contributed by atoms with Gasteiger partial charge in [0.15, 0.2) is 0 Å². The van der Waals surface area contributed by atoms with Gasteiger partial charge in [-0.1, -0.05) is 97.1 Å². The maximum atomic E-state index is 10.8. The predicted octanol–water partition coefficient (Wildman–Crippen LogP) is 10.3. The van der Waals surface area contributed by atoms with Crippen LogP contribution in [0.3, 0.4) is 0 Å². The molecule has 0 amide bonds. The van der Waals surface area contributed by atoms with Crippen LogP contribution in [-0.4, -0.2) is 19.9 Å². The van der Waals surface area contributed by atoms with Crippen LogP contribution in [0.15, 0.2) is 121 Å². The van der Waals surface area contributed by atoms with E-state index >= 15 is 0 Å². The van der Waals surface area contributed by atoms with Crippen molar-refractivity contribution in [1.29, 1.82) is 5.26 Å². The summed E-state index contributed by atoms with van der Waals surface area (Å²) >= 11 is 0. The summed E-state index contributed by atoms with van der Waals surface area (Å²) in [6.07, 6.45) is 0. The molecule has 0 spiro atoms. The molecular weight excluding hydrogens is 661 g/mol. The lowest BCUT2D eigenvalue weighted by Gasteiger charge is -2.40. The number of nitrogens with zero attached hydrogens (tertiary/aromatic N) is 6. The molecule has 0 fully saturated rings. The topological polar surface area (TPSA) is 79.7 Å². The van der Waals surface area contributed by atoms with Crippen LogP contribution in [0.4, 0.5) is 5.69 Å². The van der Waals surface area contributed by atoms with Crippen LogP contribution in [0, 0.1) is 17.9 Å². The van der Waals surface area contributed by atoms with Crippen LogP contribution in [0.25, 0.3) is 48.5 Å². The molecule has 0 radical (unpaired) electrons. The van der Waals surface area contributed by atoms with E-state index in [2.05, 4.69) is 108 Å². The Morgan fingerprint density at radius 3 is 0.926 bits per heavy atom. The average molecular weight is 685 g/mol. The van der Waals surface area contributed by atoms with Crippen molar-refractivity contribution in [3.8, 4) is 6.07 Å². The smallest absolute Gasteiger partial charge is 0.202 e. The third-order valence-electron chi connectivity index (χ3n) is 12.6. The van der Waals surface area contributed by atoms with E-state index in [-0.39, 0.29) is 23.7 Å². The standard InChI is InChI=1S/C48H24N6/c1-50-44-33-20-38-36(51-45-40-23-10-2-6-14-27(23)42(47(45)53-38)28-15-7-3-11-24(28)40)18-31(33)35(22-49)32-19-37-39(21-34(32)44)54-48-43-29-16-8-4-12-25(29)41(46(48)52-37)26-13-5-9-17-30(26)43/h2-21,40-43H. The first-order valence-corrected chi connectivity index (χ1v) is 18.3. The number of hydrogen-bond acceptors (Lipinski definition) is 5. The quantitative estimate of drug-likeness (QED) is 0.117. The number of benzene rings is 7. The van der Waals surface area contributed by atoms with Crippen LogP contribution in [0.2, 0.25) is 0 Å².